The number of piperazine rings is 1. The summed E-state index contributed by atoms with van der Waals surface area (Å²) in [5.41, 5.74) is 10.4. The number of carbonyl (C=O) groups excluding carboxylic acids is 1. The molecular weight excluding hydrogens is 170 g/mol. The molecule has 0 unspecified atom stereocenters. The van der Waals surface area contributed by atoms with Crippen molar-refractivity contribution in [2.24, 2.45) is 11.5 Å². The smallest absolute Gasteiger partial charge is 0.240 e. The van der Waals surface area contributed by atoms with E-state index in [0.29, 0.717) is 12.6 Å². The molecule has 1 rings (SSSR count). The lowest BCUT2D eigenvalue weighted by atomic mass is 10.1. The zero-order chi connectivity index (χ0) is 9.84. The van der Waals surface area contributed by atoms with Crippen LogP contribution in [0, 0.1) is 0 Å². The second kappa shape index (κ2) is 4.52. The minimum atomic E-state index is -0.784. The van der Waals surface area contributed by atoms with E-state index in [2.05, 4.69) is 22.9 Å². The van der Waals surface area contributed by atoms with Gasteiger partial charge in [-0.25, -0.2) is 0 Å². The average molecular weight is 187 g/mol. The Morgan fingerprint density at radius 2 is 2.15 bits per heavy atom. The molecule has 0 radical (unpaired) electrons. The lowest BCUT2D eigenvalue weighted by Crippen LogP contribution is -2.62. The van der Waals surface area contributed by atoms with Crippen LogP contribution < -0.4 is 27.4 Å². The number of carbonyl (C=O) groups is 1. The Morgan fingerprint density at radius 3 is 2.62 bits per heavy atom. The number of nitrogens with two attached hydrogens (primary N) is 2. The molecule has 0 spiro atoms. The van der Waals surface area contributed by atoms with Crippen molar-refractivity contribution in [1.82, 2.24) is 16.0 Å². The molecule has 2 atom stereocenters. The Morgan fingerprint density at radius 1 is 1.46 bits per heavy atom. The quantitative estimate of drug-likeness (QED) is 0.301. The van der Waals surface area contributed by atoms with Gasteiger partial charge < -0.3 is 16.0 Å². The van der Waals surface area contributed by atoms with Gasteiger partial charge in [-0.3, -0.25) is 16.3 Å². The van der Waals surface area contributed by atoms with E-state index in [4.69, 9.17) is 11.5 Å². The van der Waals surface area contributed by atoms with Crippen molar-refractivity contribution < 1.29 is 4.79 Å². The first kappa shape index (κ1) is 10.4. The molecule has 0 aromatic rings. The van der Waals surface area contributed by atoms with Crippen LogP contribution in [0.4, 0.5) is 0 Å². The molecule has 1 aliphatic heterocycles. The van der Waals surface area contributed by atoms with E-state index in [1.165, 1.54) is 0 Å². The number of amides is 1. The van der Waals surface area contributed by atoms with Crippen LogP contribution in [0.15, 0.2) is 0 Å². The fraction of sp³-hybridized carbons (Fsp3) is 0.857. The first-order valence-electron chi connectivity index (χ1n) is 4.38. The third-order valence-electron chi connectivity index (χ3n) is 1.97. The molecule has 1 fully saturated rings. The number of hydrogen-bond donors (Lipinski definition) is 5. The van der Waals surface area contributed by atoms with Crippen LogP contribution in [0.3, 0.4) is 0 Å². The topological polar surface area (TPSA) is 105 Å². The van der Waals surface area contributed by atoms with Gasteiger partial charge in [0, 0.05) is 19.1 Å². The highest BCUT2D eigenvalue weighted by Gasteiger charge is 2.23. The van der Waals surface area contributed by atoms with E-state index in [0.717, 1.165) is 6.54 Å². The highest BCUT2D eigenvalue weighted by atomic mass is 16.2. The van der Waals surface area contributed by atoms with Crippen LogP contribution in [0.2, 0.25) is 0 Å². The molecule has 1 heterocycles. The maximum absolute atomic E-state index is 11.3. The van der Waals surface area contributed by atoms with Gasteiger partial charge in [0.2, 0.25) is 5.91 Å². The van der Waals surface area contributed by atoms with Gasteiger partial charge in [-0.2, -0.15) is 0 Å². The van der Waals surface area contributed by atoms with Crippen LogP contribution in [0.25, 0.3) is 0 Å². The van der Waals surface area contributed by atoms with E-state index in [1.54, 1.807) is 0 Å². The van der Waals surface area contributed by atoms with Crippen LogP contribution in [0.5, 0.6) is 0 Å². The lowest BCUT2D eigenvalue weighted by Gasteiger charge is -2.28. The first-order chi connectivity index (χ1) is 6.09. The van der Waals surface area contributed by atoms with Crippen LogP contribution in [-0.2, 0) is 4.79 Å². The fourth-order valence-corrected chi connectivity index (χ4v) is 1.23. The van der Waals surface area contributed by atoms with Gasteiger partial charge in [0.25, 0.3) is 0 Å². The molecule has 0 saturated carbocycles. The van der Waals surface area contributed by atoms with Crippen molar-refractivity contribution in [3.05, 3.63) is 0 Å². The summed E-state index contributed by atoms with van der Waals surface area (Å²) in [6, 6.07) is 0.168. The van der Waals surface area contributed by atoms with Gasteiger partial charge in [-0.05, 0) is 6.92 Å². The van der Waals surface area contributed by atoms with Gasteiger partial charge in [0.05, 0.1) is 6.04 Å². The Hall–Kier alpha value is -0.690. The molecule has 13 heavy (non-hydrogen) atoms. The summed E-state index contributed by atoms with van der Waals surface area (Å²) in [6.07, 6.45) is -0.784. The predicted octanol–water partition coefficient (Wildman–Crippen LogP) is -2.75. The Balaban J connectivity index is 2.31. The summed E-state index contributed by atoms with van der Waals surface area (Å²) in [6.45, 7) is 3.44. The van der Waals surface area contributed by atoms with Crippen molar-refractivity contribution in [2.75, 3.05) is 13.1 Å². The summed E-state index contributed by atoms with van der Waals surface area (Å²) >= 11 is 0. The second-order valence-corrected chi connectivity index (χ2v) is 3.30. The molecule has 1 amide bonds. The van der Waals surface area contributed by atoms with Gasteiger partial charge in [-0.1, -0.05) is 0 Å². The van der Waals surface area contributed by atoms with E-state index >= 15 is 0 Å². The highest BCUT2D eigenvalue weighted by Crippen LogP contribution is 1.92. The largest absolute Gasteiger partial charge is 0.327 e. The maximum Gasteiger partial charge on any atom is 0.240 e. The van der Waals surface area contributed by atoms with Gasteiger partial charge >= 0.3 is 0 Å². The molecule has 6 heteroatoms. The molecule has 1 aliphatic rings. The third kappa shape index (κ3) is 3.27. The molecule has 0 aromatic carbocycles. The summed E-state index contributed by atoms with van der Waals surface area (Å²) in [5, 5.41) is 8.71. The van der Waals surface area contributed by atoms with Crippen molar-refractivity contribution in [1.29, 1.82) is 0 Å². The first-order valence-corrected chi connectivity index (χ1v) is 4.38. The molecule has 6 nitrogen and oxygen atoms in total. The molecule has 0 bridgehead atoms. The van der Waals surface area contributed by atoms with Crippen molar-refractivity contribution in [3.8, 4) is 0 Å². The molecular formula is C7H17N5O. The minimum Gasteiger partial charge on any atom is -0.327 e. The summed E-state index contributed by atoms with van der Waals surface area (Å²) in [4.78, 5) is 11.3. The number of rotatable bonds is 2. The Bertz CT molecular complexity index is 176. The van der Waals surface area contributed by atoms with Gasteiger partial charge in [0.1, 0.15) is 6.29 Å². The van der Waals surface area contributed by atoms with E-state index in [-0.39, 0.29) is 11.9 Å². The second-order valence-electron chi connectivity index (χ2n) is 3.30. The fourth-order valence-electron chi connectivity index (χ4n) is 1.23. The van der Waals surface area contributed by atoms with E-state index in [9.17, 15) is 4.79 Å². The van der Waals surface area contributed by atoms with Crippen molar-refractivity contribution in [3.63, 3.8) is 0 Å². The molecule has 76 valence electrons. The van der Waals surface area contributed by atoms with Gasteiger partial charge in [-0.15, -0.1) is 0 Å². The molecule has 1 saturated heterocycles. The maximum atomic E-state index is 11.3. The van der Waals surface area contributed by atoms with Crippen molar-refractivity contribution >= 4 is 5.91 Å². The summed E-state index contributed by atoms with van der Waals surface area (Å²) in [7, 11) is 0. The predicted molar refractivity (Wildman–Crippen MR) is 49.6 cm³/mol. The number of hydrogen-bond acceptors (Lipinski definition) is 5. The van der Waals surface area contributed by atoms with E-state index < -0.39 is 6.29 Å². The summed E-state index contributed by atoms with van der Waals surface area (Å²) in [5.74, 6) is -0.158. The molecule has 0 aliphatic carbocycles. The van der Waals surface area contributed by atoms with E-state index in [1.807, 2.05) is 0 Å². The third-order valence-corrected chi connectivity index (χ3v) is 1.97. The number of nitrogens with one attached hydrogen (secondary N) is 3. The summed E-state index contributed by atoms with van der Waals surface area (Å²) < 4.78 is 0. The SMILES string of the molecule is C[C@H]1CN[C@H](C(=O)NC(N)N)CN1. The van der Waals surface area contributed by atoms with Crippen LogP contribution in [-0.4, -0.2) is 37.4 Å². The van der Waals surface area contributed by atoms with Gasteiger partial charge in [0.15, 0.2) is 0 Å². The van der Waals surface area contributed by atoms with Crippen molar-refractivity contribution in [2.45, 2.75) is 25.3 Å². The normalized spacial score (nSPS) is 28.9. The van der Waals surface area contributed by atoms with Crippen LogP contribution in [0.1, 0.15) is 6.92 Å². The van der Waals surface area contributed by atoms with Crippen LogP contribution >= 0.6 is 0 Å². The average Bonchev–Trinajstić information content (AvgIpc) is 2.04. The monoisotopic (exact) mass is 187 g/mol. The Labute approximate surface area is 77.4 Å². The molecule has 7 N–H and O–H groups in total. The standard InChI is InChI=1S/C7H17N5O/c1-4-2-11-5(3-10-4)6(13)12-7(8)9/h4-5,7,10-11H,2-3,8-9H2,1H3,(H,12,13)/t4-,5-/m0/s1. The highest BCUT2D eigenvalue weighted by molar-refractivity contribution is 5.82. The minimum absolute atomic E-state index is 0.158. The zero-order valence-corrected chi connectivity index (χ0v) is 7.71. The molecule has 0 aromatic heterocycles. The lowest BCUT2D eigenvalue weighted by molar-refractivity contribution is -0.124. The zero-order valence-electron chi connectivity index (χ0n) is 7.71. The Kier molecular flexibility index (Phi) is 3.61.